The Morgan fingerprint density at radius 2 is 2.29 bits per heavy atom. The van der Waals surface area contributed by atoms with Crippen LogP contribution in [0.15, 0.2) is 4.79 Å². The van der Waals surface area contributed by atoms with E-state index in [9.17, 15) is 9.59 Å². The molecular weight excluding hydrogens is 231 g/mol. The molecule has 1 heterocycles. The standard InChI is InChI=1S/C6H8Cl2N4O2/c1-2-11-4(8)10-12(6(11)14)5(13)9-3-7/h2-3H2,1H3,(H,9,13). The van der Waals surface area contributed by atoms with E-state index in [2.05, 4.69) is 10.4 Å². The van der Waals surface area contributed by atoms with Crippen molar-refractivity contribution in [2.45, 2.75) is 13.5 Å². The van der Waals surface area contributed by atoms with Gasteiger partial charge in [-0.1, -0.05) is 0 Å². The van der Waals surface area contributed by atoms with Crippen LogP contribution >= 0.6 is 23.2 Å². The van der Waals surface area contributed by atoms with E-state index in [1.54, 1.807) is 6.92 Å². The van der Waals surface area contributed by atoms with E-state index >= 15 is 0 Å². The Labute approximate surface area is 89.4 Å². The number of hydrogen-bond donors (Lipinski definition) is 1. The molecule has 0 aromatic carbocycles. The van der Waals surface area contributed by atoms with Crippen molar-refractivity contribution in [2.24, 2.45) is 0 Å². The molecule has 0 saturated heterocycles. The number of carbonyl (C=O) groups is 1. The topological polar surface area (TPSA) is 68.9 Å². The van der Waals surface area contributed by atoms with E-state index in [-0.39, 0.29) is 11.3 Å². The van der Waals surface area contributed by atoms with Gasteiger partial charge < -0.3 is 5.32 Å². The lowest BCUT2D eigenvalue weighted by Gasteiger charge is -1.96. The van der Waals surface area contributed by atoms with Crippen molar-refractivity contribution >= 4 is 29.2 Å². The lowest BCUT2D eigenvalue weighted by molar-refractivity contribution is 0.240. The Balaban J connectivity index is 3.11. The zero-order chi connectivity index (χ0) is 10.7. The number of aromatic nitrogens is 3. The fraction of sp³-hybridized carbons (Fsp3) is 0.500. The average molecular weight is 239 g/mol. The van der Waals surface area contributed by atoms with Gasteiger partial charge in [0.25, 0.3) is 0 Å². The third-order valence-corrected chi connectivity index (χ3v) is 1.96. The average Bonchev–Trinajstić information content (AvgIpc) is 2.42. The predicted molar refractivity (Wildman–Crippen MR) is 51.8 cm³/mol. The number of hydrogen-bond acceptors (Lipinski definition) is 3. The molecule has 14 heavy (non-hydrogen) atoms. The van der Waals surface area contributed by atoms with Crippen molar-refractivity contribution in [2.75, 3.05) is 6.00 Å². The number of carbonyl (C=O) groups excluding carboxylic acids is 1. The van der Waals surface area contributed by atoms with Crippen molar-refractivity contribution in [3.8, 4) is 0 Å². The van der Waals surface area contributed by atoms with Gasteiger partial charge in [0, 0.05) is 6.54 Å². The van der Waals surface area contributed by atoms with Crippen molar-refractivity contribution in [1.29, 1.82) is 0 Å². The van der Waals surface area contributed by atoms with Gasteiger partial charge in [-0.2, -0.15) is 0 Å². The highest BCUT2D eigenvalue weighted by atomic mass is 35.5. The summed E-state index contributed by atoms with van der Waals surface area (Å²) in [4.78, 5) is 22.6. The second kappa shape index (κ2) is 4.47. The molecule has 0 aliphatic rings. The fourth-order valence-corrected chi connectivity index (χ4v) is 1.28. The van der Waals surface area contributed by atoms with Gasteiger partial charge in [-0.25, -0.2) is 9.59 Å². The van der Waals surface area contributed by atoms with Crippen LogP contribution in [-0.2, 0) is 6.54 Å². The largest absolute Gasteiger partial charge is 0.355 e. The van der Waals surface area contributed by atoms with Crippen LogP contribution in [0.5, 0.6) is 0 Å². The minimum atomic E-state index is -0.695. The van der Waals surface area contributed by atoms with E-state index in [1.165, 1.54) is 0 Å². The number of amides is 1. The van der Waals surface area contributed by atoms with Gasteiger partial charge in [0.15, 0.2) is 0 Å². The summed E-state index contributed by atoms with van der Waals surface area (Å²) in [6.07, 6.45) is 0. The molecule has 0 spiro atoms. The summed E-state index contributed by atoms with van der Waals surface area (Å²) >= 11 is 10.9. The van der Waals surface area contributed by atoms with Crippen LogP contribution in [0, 0.1) is 0 Å². The lowest BCUT2D eigenvalue weighted by atomic mass is 10.7. The van der Waals surface area contributed by atoms with Crippen LogP contribution < -0.4 is 11.0 Å². The summed E-state index contributed by atoms with van der Waals surface area (Å²) in [6.45, 7) is 2.07. The van der Waals surface area contributed by atoms with E-state index in [4.69, 9.17) is 23.2 Å². The number of alkyl halides is 1. The maximum atomic E-state index is 11.4. The summed E-state index contributed by atoms with van der Waals surface area (Å²) in [5.41, 5.74) is -0.583. The Bertz CT molecular complexity index is 397. The Hall–Kier alpha value is -1.01. The number of rotatable bonds is 2. The first-order chi connectivity index (χ1) is 6.61. The van der Waals surface area contributed by atoms with E-state index in [0.717, 1.165) is 4.57 Å². The van der Waals surface area contributed by atoms with E-state index in [0.29, 0.717) is 11.2 Å². The molecule has 0 radical (unpaired) electrons. The minimum Gasteiger partial charge on any atom is -0.323 e. The summed E-state index contributed by atoms with van der Waals surface area (Å²) < 4.78 is 1.80. The minimum absolute atomic E-state index is 0.0257. The second-order valence-corrected chi connectivity index (χ2v) is 2.93. The first-order valence-electron chi connectivity index (χ1n) is 3.81. The summed E-state index contributed by atoms with van der Waals surface area (Å²) in [7, 11) is 0. The Morgan fingerprint density at radius 1 is 1.64 bits per heavy atom. The zero-order valence-electron chi connectivity index (χ0n) is 7.33. The molecule has 0 atom stereocenters. The van der Waals surface area contributed by atoms with E-state index in [1.807, 2.05) is 0 Å². The monoisotopic (exact) mass is 238 g/mol. The Morgan fingerprint density at radius 3 is 2.71 bits per heavy atom. The van der Waals surface area contributed by atoms with Gasteiger partial charge in [-0.05, 0) is 18.5 Å². The molecular formula is C6H8Cl2N4O2. The third-order valence-electron chi connectivity index (χ3n) is 1.54. The third kappa shape index (κ3) is 1.91. The van der Waals surface area contributed by atoms with Crippen molar-refractivity contribution in [3.05, 3.63) is 15.8 Å². The van der Waals surface area contributed by atoms with Crippen LogP contribution in [0.4, 0.5) is 4.79 Å². The predicted octanol–water partition coefficient (Wildman–Crippen LogP) is 0.472. The van der Waals surface area contributed by atoms with Crippen molar-refractivity contribution in [1.82, 2.24) is 19.7 Å². The first kappa shape index (κ1) is 11.1. The molecule has 0 aliphatic carbocycles. The molecule has 0 unspecified atom stereocenters. The molecule has 8 heteroatoms. The highest BCUT2D eigenvalue weighted by Gasteiger charge is 2.14. The lowest BCUT2D eigenvalue weighted by Crippen LogP contribution is -2.37. The number of nitrogens with one attached hydrogen (secondary N) is 1. The first-order valence-corrected chi connectivity index (χ1v) is 4.72. The number of nitrogens with zero attached hydrogens (tertiary/aromatic N) is 3. The maximum absolute atomic E-state index is 11.4. The molecule has 1 aromatic rings. The molecule has 6 nitrogen and oxygen atoms in total. The molecule has 1 rings (SSSR count). The fourth-order valence-electron chi connectivity index (χ4n) is 0.903. The molecule has 1 N–H and O–H groups in total. The highest BCUT2D eigenvalue weighted by Crippen LogP contribution is 1.99. The number of halogens is 2. The van der Waals surface area contributed by atoms with Gasteiger partial charge in [0.2, 0.25) is 5.28 Å². The zero-order valence-corrected chi connectivity index (χ0v) is 8.84. The Kier molecular flexibility index (Phi) is 3.54. The summed E-state index contributed by atoms with van der Waals surface area (Å²) in [5.74, 6) is 0. The van der Waals surface area contributed by atoms with Crippen LogP contribution in [-0.4, -0.2) is 26.4 Å². The van der Waals surface area contributed by atoms with Gasteiger partial charge >= 0.3 is 11.7 Å². The molecule has 0 saturated carbocycles. The molecule has 0 bridgehead atoms. The van der Waals surface area contributed by atoms with Crippen LogP contribution in [0.1, 0.15) is 6.92 Å². The van der Waals surface area contributed by atoms with Crippen LogP contribution in [0.25, 0.3) is 0 Å². The molecule has 0 aliphatic heterocycles. The van der Waals surface area contributed by atoms with Gasteiger partial charge in [0.05, 0.1) is 6.00 Å². The van der Waals surface area contributed by atoms with Crippen LogP contribution in [0.3, 0.4) is 0 Å². The normalized spacial score (nSPS) is 10.2. The van der Waals surface area contributed by atoms with Gasteiger partial charge in [-0.3, -0.25) is 4.57 Å². The molecule has 0 fully saturated rings. The smallest absolute Gasteiger partial charge is 0.323 e. The van der Waals surface area contributed by atoms with Gasteiger partial charge in [-0.15, -0.1) is 21.4 Å². The van der Waals surface area contributed by atoms with Crippen molar-refractivity contribution < 1.29 is 4.79 Å². The van der Waals surface area contributed by atoms with E-state index < -0.39 is 11.7 Å². The maximum Gasteiger partial charge on any atom is 0.355 e. The highest BCUT2D eigenvalue weighted by molar-refractivity contribution is 6.28. The van der Waals surface area contributed by atoms with Crippen molar-refractivity contribution in [3.63, 3.8) is 0 Å². The molecule has 1 aromatic heterocycles. The second-order valence-electron chi connectivity index (χ2n) is 2.32. The summed E-state index contributed by atoms with van der Waals surface area (Å²) in [5, 5.41) is 5.76. The quantitative estimate of drug-likeness (QED) is 0.602. The summed E-state index contributed by atoms with van der Waals surface area (Å²) in [6, 6.07) is -0.791. The molecule has 78 valence electrons. The molecule has 1 amide bonds. The van der Waals surface area contributed by atoms with Crippen LogP contribution in [0.2, 0.25) is 5.28 Å². The van der Waals surface area contributed by atoms with Gasteiger partial charge in [0.1, 0.15) is 0 Å². The SMILES string of the molecule is CCn1c(Cl)nn(C(=O)NCCl)c1=O.